The van der Waals surface area contributed by atoms with Gasteiger partial charge < -0.3 is 4.74 Å². The summed E-state index contributed by atoms with van der Waals surface area (Å²) in [5, 5.41) is 0.923. The van der Waals surface area contributed by atoms with Crippen molar-refractivity contribution in [3.63, 3.8) is 0 Å². The second-order valence-corrected chi connectivity index (χ2v) is 8.46. The summed E-state index contributed by atoms with van der Waals surface area (Å²) in [5.41, 5.74) is 2.71. The SMILES string of the molecule is COc1ccc(-n2c(=O)c3sc4ccccc4c3n(Cc3ccccc3C)c2=O)cc1. The smallest absolute Gasteiger partial charge is 0.336 e. The molecule has 0 atom stereocenters. The Morgan fingerprint density at radius 2 is 1.61 bits per heavy atom. The van der Waals surface area contributed by atoms with Gasteiger partial charge in [0.1, 0.15) is 10.4 Å². The maximum Gasteiger partial charge on any atom is 0.336 e. The second kappa shape index (κ2) is 7.56. The van der Waals surface area contributed by atoms with Gasteiger partial charge in [-0.1, -0.05) is 42.5 Å². The van der Waals surface area contributed by atoms with Crippen molar-refractivity contribution in [3.8, 4) is 11.4 Å². The molecule has 0 saturated heterocycles. The van der Waals surface area contributed by atoms with Crippen molar-refractivity contribution < 1.29 is 4.74 Å². The maximum atomic E-state index is 13.7. The quantitative estimate of drug-likeness (QED) is 0.416. The van der Waals surface area contributed by atoms with Gasteiger partial charge in [0.15, 0.2) is 0 Å². The van der Waals surface area contributed by atoms with Crippen molar-refractivity contribution in [1.82, 2.24) is 9.13 Å². The Morgan fingerprint density at radius 1 is 0.903 bits per heavy atom. The van der Waals surface area contributed by atoms with Gasteiger partial charge in [-0.25, -0.2) is 9.36 Å². The molecule has 0 radical (unpaired) electrons. The normalized spacial score (nSPS) is 11.3. The van der Waals surface area contributed by atoms with Gasteiger partial charge in [0.2, 0.25) is 0 Å². The standard InChI is InChI=1S/C25H20N2O3S/c1-16-7-3-4-8-17(16)15-26-22-20-9-5-6-10-21(20)31-23(22)24(28)27(25(26)29)18-11-13-19(30-2)14-12-18/h3-14H,15H2,1-2H3. The van der Waals surface area contributed by atoms with Crippen LogP contribution in [0, 0.1) is 6.92 Å². The monoisotopic (exact) mass is 428 g/mol. The van der Waals surface area contributed by atoms with E-state index >= 15 is 0 Å². The lowest BCUT2D eigenvalue weighted by Gasteiger charge is -2.14. The predicted octanol–water partition coefficient (Wildman–Crippen LogP) is 4.73. The predicted molar refractivity (Wildman–Crippen MR) is 126 cm³/mol. The Hall–Kier alpha value is -3.64. The zero-order valence-electron chi connectivity index (χ0n) is 17.2. The highest BCUT2D eigenvalue weighted by Gasteiger charge is 2.19. The van der Waals surface area contributed by atoms with Crippen LogP contribution in [0.15, 0.2) is 82.4 Å². The van der Waals surface area contributed by atoms with Crippen LogP contribution in [0.1, 0.15) is 11.1 Å². The molecule has 0 spiro atoms. The third-order valence-electron chi connectivity index (χ3n) is 5.58. The molecule has 0 amide bonds. The third kappa shape index (κ3) is 3.16. The molecule has 154 valence electrons. The Bertz CT molecular complexity index is 1540. The van der Waals surface area contributed by atoms with Crippen molar-refractivity contribution in [2.24, 2.45) is 0 Å². The minimum absolute atomic E-state index is 0.299. The fourth-order valence-electron chi connectivity index (χ4n) is 3.91. The molecule has 2 heterocycles. The number of methoxy groups -OCH3 is 1. The maximum absolute atomic E-state index is 13.7. The van der Waals surface area contributed by atoms with E-state index in [4.69, 9.17) is 4.74 Å². The first-order valence-corrected chi connectivity index (χ1v) is 10.8. The van der Waals surface area contributed by atoms with Crippen molar-refractivity contribution >= 4 is 31.6 Å². The van der Waals surface area contributed by atoms with E-state index in [0.29, 0.717) is 28.2 Å². The number of thiophene rings is 1. The van der Waals surface area contributed by atoms with E-state index in [0.717, 1.165) is 21.2 Å². The van der Waals surface area contributed by atoms with Crippen molar-refractivity contribution in [2.75, 3.05) is 7.11 Å². The van der Waals surface area contributed by atoms with Gasteiger partial charge in [-0.2, -0.15) is 0 Å². The number of nitrogens with zero attached hydrogens (tertiary/aromatic N) is 2. The van der Waals surface area contributed by atoms with Gasteiger partial charge in [-0.05, 0) is 48.4 Å². The molecule has 0 aliphatic heterocycles. The molecule has 31 heavy (non-hydrogen) atoms. The highest BCUT2D eigenvalue weighted by molar-refractivity contribution is 7.25. The number of rotatable bonds is 4. The van der Waals surface area contributed by atoms with Gasteiger partial charge in [-0.15, -0.1) is 11.3 Å². The fourth-order valence-corrected chi connectivity index (χ4v) is 5.05. The number of hydrogen-bond acceptors (Lipinski definition) is 4. The lowest BCUT2D eigenvalue weighted by molar-refractivity contribution is 0.414. The summed E-state index contributed by atoms with van der Waals surface area (Å²) < 4.78 is 9.77. The average molecular weight is 429 g/mol. The van der Waals surface area contributed by atoms with Crippen LogP contribution in [0.3, 0.4) is 0 Å². The third-order valence-corrected chi connectivity index (χ3v) is 6.73. The number of hydrogen-bond donors (Lipinski definition) is 0. The van der Waals surface area contributed by atoms with Crippen LogP contribution in [-0.4, -0.2) is 16.2 Å². The number of ether oxygens (including phenoxy) is 1. The summed E-state index contributed by atoms with van der Waals surface area (Å²) >= 11 is 1.42. The topological polar surface area (TPSA) is 53.2 Å². The van der Waals surface area contributed by atoms with Crippen molar-refractivity contribution in [1.29, 1.82) is 0 Å². The molecule has 0 saturated carbocycles. The molecule has 0 unspecified atom stereocenters. The van der Waals surface area contributed by atoms with E-state index in [1.807, 2.05) is 55.5 Å². The van der Waals surface area contributed by atoms with E-state index < -0.39 is 0 Å². The number of aryl methyl sites for hydroxylation is 1. The summed E-state index contributed by atoms with van der Waals surface area (Å²) in [5.74, 6) is 0.667. The van der Waals surface area contributed by atoms with Crippen LogP contribution in [0.4, 0.5) is 0 Å². The first-order chi connectivity index (χ1) is 15.1. The molecule has 5 nitrogen and oxygen atoms in total. The summed E-state index contributed by atoms with van der Waals surface area (Å²) in [6, 6.07) is 22.8. The highest BCUT2D eigenvalue weighted by Crippen LogP contribution is 2.31. The molecule has 0 bridgehead atoms. The van der Waals surface area contributed by atoms with E-state index in [1.54, 1.807) is 35.9 Å². The van der Waals surface area contributed by atoms with E-state index in [2.05, 4.69) is 0 Å². The molecule has 5 aromatic rings. The molecule has 0 fully saturated rings. The van der Waals surface area contributed by atoms with Gasteiger partial charge >= 0.3 is 5.69 Å². The summed E-state index contributed by atoms with van der Waals surface area (Å²) in [7, 11) is 1.58. The van der Waals surface area contributed by atoms with Gasteiger partial charge in [-0.3, -0.25) is 9.36 Å². The molecular formula is C25H20N2O3S. The molecule has 6 heteroatoms. The molecular weight excluding hydrogens is 408 g/mol. The largest absolute Gasteiger partial charge is 0.497 e. The van der Waals surface area contributed by atoms with Gasteiger partial charge in [0, 0.05) is 10.1 Å². The molecule has 2 aromatic heterocycles. The minimum Gasteiger partial charge on any atom is -0.497 e. The lowest BCUT2D eigenvalue weighted by Crippen LogP contribution is -2.38. The van der Waals surface area contributed by atoms with E-state index in [1.165, 1.54) is 15.9 Å². The van der Waals surface area contributed by atoms with Crippen molar-refractivity contribution in [3.05, 3.63) is 105 Å². The summed E-state index contributed by atoms with van der Waals surface area (Å²) in [6.45, 7) is 2.42. The van der Waals surface area contributed by atoms with Crippen LogP contribution in [0.2, 0.25) is 0 Å². The van der Waals surface area contributed by atoms with Crippen LogP contribution >= 0.6 is 11.3 Å². The Balaban J connectivity index is 1.87. The molecule has 0 aliphatic carbocycles. The summed E-state index contributed by atoms with van der Waals surface area (Å²) in [6.07, 6.45) is 0. The summed E-state index contributed by atoms with van der Waals surface area (Å²) in [4.78, 5) is 27.2. The minimum atomic E-state index is -0.352. The van der Waals surface area contributed by atoms with Gasteiger partial charge in [0.05, 0.1) is 24.9 Å². The Morgan fingerprint density at radius 3 is 2.35 bits per heavy atom. The van der Waals surface area contributed by atoms with Crippen LogP contribution in [0.5, 0.6) is 5.75 Å². The highest BCUT2D eigenvalue weighted by atomic mass is 32.1. The first kappa shape index (κ1) is 19.3. The van der Waals surface area contributed by atoms with Crippen molar-refractivity contribution in [2.45, 2.75) is 13.5 Å². The van der Waals surface area contributed by atoms with Crippen LogP contribution in [0.25, 0.3) is 26.0 Å². The lowest BCUT2D eigenvalue weighted by atomic mass is 10.1. The molecule has 3 aromatic carbocycles. The van der Waals surface area contributed by atoms with E-state index in [9.17, 15) is 9.59 Å². The number of aromatic nitrogens is 2. The number of benzene rings is 3. The first-order valence-electron chi connectivity index (χ1n) is 9.94. The Kier molecular flexibility index (Phi) is 4.71. The average Bonchev–Trinajstić information content (AvgIpc) is 3.18. The van der Waals surface area contributed by atoms with E-state index in [-0.39, 0.29) is 11.2 Å². The zero-order valence-corrected chi connectivity index (χ0v) is 18.0. The fraction of sp³-hybridized carbons (Fsp3) is 0.120. The second-order valence-electron chi connectivity index (χ2n) is 7.41. The molecule has 0 N–H and O–H groups in total. The number of fused-ring (bicyclic) bond motifs is 3. The molecule has 0 aliphatic rings. The van der Waals surface area contributed by atoms with Crippen LogP contribution < -0.4 is 16.0 Å². The van der Waals surface area contributed by atoms with Gasteiger partial charge in [0.25, 0.3) is 5.56 Å². The zero-order chi connectivity index (χ0) is 21.5. The van der Waals surface area contributed by atoms with Crippen LogP contribution in [-0.2, 0) is 6.54 Å². The molecule has 5 rings (SSSR count). The Labute approximate surface area is 182 Å².